The minimum Gasteiger partial charge on any atom is -0.310 e. The molecule has 0 aliphatic carbocycles. The molecule has 158 valence electrons. The van der Waals surface area contributed by atoms with Crippen molar-refractivity contribution in [3.8, 4) is 0 Å². The average molecular weight is 424 g/mol. The van der Waals surface area contributed by atoms with Crippen LogP contribution < -0.4 is 5.32 Å². The molecule has 7 nitrogen and oxygen atoms in total. The van der Waals surface area contributed by atoms with Gasteiger partial charge in [-0.25, -0.2) is 4.99 Å². The SMILES string of the molecule is CC1=Nc2ccccc2N=C(NC(=O)/C=C/c2ccc([N+](=O)[O-])cc2)[C@H]1c1ccccc1. The number of fused-ring (bicyclic) bond motifs is 1. The molecule has 1 aliphatic rings. The van der Waals surface area contributed by atoms with E-state index in [0.717, 1.165) is 17.0 Å². The van der Waals surface area contributed by atoms with Gasteiger partial charge in [0.2, 0.25) is 5.91 Å². The number of non-ortho nitro benzene ring substituents is 1. The Kier molecular flexibility index (Phi) is 5.98. The van der Waals surface area contributed by atoms with E-state index in [9.17, 15) is 14.9 Å². The zero-order chi connectivity index (χ0) is 22.5. The molecular weight excluding hydrogens is 404 g/mol. The first-order valence-corrected chi connectivity index (χ1v) is 10.0. The summed E-state index contributed by atoms with van der Waals surface area (Å²) in [7, 11) is 0. The molecule has 0 unspecified atom stereocenters. The van der Waals surface area contributed by atoms with E-state index in [1.165, 1.54) is 18.2 Å². The number of aliphatic imine (C=N–C) groups is 2. The van der Waals surface area contributed by atoms with Crippen LogP contribution in [0.4, 0.5) is 17.1 Å². The van der Waals surface area contributed by atoms with Crippen LogP contribution in [-0.2, 0) is 4.79 Å². The maximum Gasteiger partial charge on any atom is 0.269 e. The fourth-order valence-electron chi connectivity index (χ4n) is 3.49. The summed E-state index contributed by atoms with van der Waals surface area (Å²) in [5.41, 5.74) is 3.89. The molecule has 0 spiro atoms. The van der Waals surface area contributed by atoms with Crippen molar-refractivity contribution in [1.29, 1.82) is 0 Å². The zero-order valence-electron chi connectivity index (χ0n) is 17.3. The second-order valence-corrected chi connectivity index (χ2v) is 7.25. The second kappa shape index (κ2) is 9.18. The highest BCUT2D eigenvalue weighted by atomic mass is 16.6. The Morgan fingerprint density at radius 1 is 0.938 bits per heavy atom. The van der Waals surface area contributed by atoms with Crippen LogP contribution in [0.25, 0.3) is 6.08 Å². The predicted octanol–water partition coefficient (Wildman–Crippen LogP) is 5.34. The number of nitro benzene ring substituents is 1. The molecule has 0 saturated heterocycles. The molecule has 3 aromatic rings. The van der Waals surface area contributed by atoms with Crippen molar-refractivity contribution in [2.24, 2.45) is 9.98 Å². The van der Waals surface area contributed by atoms with Gasteiger partial charge in [0, 0.05) is 23.9 Å². The van der Waals surface area contributed by atoms with Gasteiger partial charge in [-0.2, -0.15) is 0 Å². The predicted molar refractivity (Wildman–Crippen MR) is 126 cm³/mol. The molecule has 32 heavy (non-hydrogen) atoms. The summed E-state index contributed by atoms with van der Waals surface area (Å²) >= 11 is 0. The summed E-state index contributed by atoms with van der Waals surface area (Å²) in [5, 5.41) is 13.7. The molecule has 4 rings (SSSR count). The molecular formula is C25H20N4O3. The number of rotatable bonds is 4. The van der Waals surface area contributed by atoms with Gasteiger partial charge in [0.15, 0.2) is 0 Å². The molecule has 7 heteroatoms. The highest BCUT2D eigenvalue weighted by molar-refractivity contribution is 6.18. The fraction of sp³-hybridized carbons (Fsp3) is 0.0800. The van der Waals surface area contributed by atoms with Crippen molar-refractivity contribution in [3.05, 3.63) is 106 Å². The lowest BCUT2D eigenvalue weighted by atomic mass is 9.93. The Bertz CT molecular complexity index is 1250. The van der Waals surface area contributed by atoms with E-state index in [1.807, 2.05) is 61.5 Å². The van der Waals surface area contributed by atoms with Crippen LogP contribution in [0.5, 0.6) is 0 Å². The number of nitro groups is 1. The number of carbonyl (C=O) groups is 1. The third kappa shape index (κ3) is 4.67. The van der Waals surface area contributed by atoms with E-state index >= 15 is 0 Å². The standard InChI is InChI=1S/C25H20N4O3/c1-17-24(19-7-3-2-4-8-19)25(27-22-10-6-5-9-21(22)26-17)28-23(30)16-13-18-11-14-20(15-12-18)29(31)32/h2-16,24H,1H3,(H,27,28,30)/b16-13+/t24-/m1/s1. The molecule has 0 aromatic heterocycles. The molecule has 0 bridgehead atoms. The lowest BCUT2D eigenvalue weighted by Crippen LogP contribution is -2.36. The molecule has 1 atom stereocenters. The molecule has 0 fully saturated rings. The van der Waals surface area contributed by atoms with Crippen molar-refractivity contribution in [2.45, 2.75) is 12.8 Å². The largest absolute Gasteiger partial charge is 0.310 e. The first-order valence-electron chi connectivity index (χ1n) is 10.0. The Morgan fingerprint density at radius 3 is 2.22 bits per heavy atom. The molecule has 3 aromatic carbocycles. The minimum absolute atomic E-state index is 0.00135. The summed E-state index contributed by atoms with van der Waals surface area (Å²) in [6.07, 6.45) is 2.98. The summed E-state index contributed by atoms with van der Waals surface area (Å²) in [6.45, 7) is 1.92. The van der Waals surface area contributed by atoms with Crippen LogP contribution in [0.1, 0.15) is 24.0 Å². The number of amides is 1. The van der Waals surface area contributed by atoms with Crippen molar-refractivity contribution in [2.75, 3.05) is 0 Å². The lowest BCUT2D eigenvalue weighted by molar-refractivity contribution is -0.384. The number of hydrogen-bond acceptors (Lipinski definition) is 5. The van der Waals surface area contributed by atoms with E-state index in [1.54, 1.807) is 18.2 Å². The van der Waals surface area contributed by atoms with Gasteiger partial charge in [0.25, 0.3) is 5.69 Å². The lowest BCUT2D eigenvalue weighted by Gasteiger charge is -2.18. The van der Waals surface area contributed by atoms with E-state index in [-0.39, 0.29) is 17.5 Å². The number of carbonyl (C=O) groups excluding carboxylic acids is 1. The number of hydrogen-bond donors (Lipinski definition) is 1. The highest BCUT2D eigenvalue weighted by Crippen LogP contribution is 2.34. The smallest absolute Gasteiger partial charge is 0.269 e. The van der Waals surface area contributed by atoms with Crippen LogP contribution >= 0.6 is 0 Å². The number of nitrogens with one attached hydrogen (secondary N) is 1. The Labute approximate surface area is 185 Å². The monoisotopic (exact) mass is 424 g/mol. The van der Waals surface area contributed by atoms with Crippen molar-refractivity contribution >= 4 is 40.6 Å². The quantitative estimate of drug-likeness (QED) is 0.347. The van der Waals surface area contributed by atoms with Crippen LogP contribution in [-0.4, -0.2) is 22.4 Å². The molecule has 1 aliphatic heterocycles. The number of benzene rings is 3. The molecule has 0 radical (unpaired) electrons. The van der Waals surface area contributed by atoms with Gasteiger partial charge in [0.1, 0.15) is 5.84 Å². The van der Waals surface area contributed by atoms with Gasteiger partial charge >= 0.3 is 0 Å². The van der Waals surface area contributed by atoms with Gasteiger partial charge < -0.3 is 5.32 Å². The first kappa shape index (κ1) is 20.9. The van der Waals surface area contributed by atoms with Gasteiger partial charge in [-0.15, -0.1) is 0 Å². The summed E-state index contributed by atoms with van der Waals surface area (Å²) in [6, 6.07) is 23.3. The van der Waals surface area contributed by atoms with Crippen LogP contribution in [0, 0.1) is 10.1 Å². The highest BCUT2D eigenvalue weighted by Gasteiger charge is 2.25. The number of nitrogens with zero attached hydrogens (tertiary/aromatic N) is 3. The van der Waals surface area contributed by atoms with E-state index in [4.69, 9.17) is 9.98 Å². The molecule has 1 heterocycles. The van der Waals surface area contributed by atoms with Crippen molar-refractivity contribution in [1.82, 2.24) is 5.32 Å². The Morgan fingerprint density at radius 2 is 1.56 bits per heavy atom. The van der Waals surface area contributed by atoms with Gasteiger partial charge in [0.05, 0.1) is 22.2 Å². The normalized spacial score (nSPS) is 15.3. The van der Waals surface area contributed by atoms with E-state index in [0.29, 0.717) is 17.1 Å². The average Bonchev–Trinajstić information content (AvgIpc) is 2.93. The fourth-order valence-corrected chi connectivity index (χ4v) is 3.49. The van der Waals surface area contributed by atoms with Crippen molar-refractivity contribution < 1.29 is 9.72 Å². The number of amidine groups is 1. The molecule has 1 N–H and O–H groups in total. The van der Waals surface area contributed by atoms with Gasteiger partial charge in [-0.05, 0) is 48.4 Å². The van der Waals surface area contributed by atoms with E-state index < -0.39 is 4.92 Å². The van der Waals surface area contributed by atoms with Crippen LogP contribution in [0.3, 0.4) is 0 Å². The first-order chi connectivity index (χ1) is 15.5. The summed E-state index contributed by atoms with van der Waals surface area (Å²) in [5.74, 6) is -0.170. The second-order valence-electron chi connectivity index (χ2n) is 7.25. The third-order valence-electron chi connectivity index (χ3n) is 5.03. The maximum atomic E-state index is 12.7. The zero-order valence-corrected chi connectivity index (χ0v) is 17.3. The summed E-state index contributed by atoms with van der Waals surface area (Å²) < 4.78 is 0. The Hall–Kier alpha value is -4.39. The maximum absolute atomic E-state index is 12.7. The Balaban J connectivity index is 1.63. The molecule has 1 amide bonds. The summed E-state index contributed by atoms with van der Waals surface area (Å²) in [4.78, 5) is 32.6. The topological polar surface area (TPSA) is 97.0 Å². The van der Waals surface area contributed by atoms with Crippen LogP contribution in [0.2, 0.25) is 0 Å². The third-order valence-corrected chi connectivity index (χ3v) is 5.03. The van der Waals surface area contributed by atoms with Crippen molar-refractivity contribution in [3.63, 3.8) is 0 Å². The van der Waals surface area contributed by atoms with E-state index in [2.05, 4.69) is 5.32 Å². The van der Waals surface area contributed by atoms with Gasteiger partial charge in [-0.1, -0.05) is 42.5 Å². The molecule has 0 saturated carbocycles. The number of para-hydroxylation sites is 2. The minimum atomic E-state index is -0.462. The van der Waals surface area contributed by atoms with Crippen LogP contribution in [0.15, 0.2) is 94.9 Å². The van der Waals surface area contributed by atoms with Gasteiger partial charge in [-0.3, -0.25) is 19.9 Å².